The lowest BCUT2D eigenvalue weighted by molar-refractivity contribution is -0.139. The quantitative estimate of drug-likeness (QED) is 0.318. The van der Waals surface area contributed by atoms with Gasteiger partial charge in [-0.1, -0.05) is 11.3 Å². The lowest BCUT2D eigenvalue weighted by Gasteiger charge is -2.41. The van der Waals surface area contributed by atoms with Gasteiger partial charge in [0.15, 0.2) is 10.9 Å². The van der Waals surface area contributed by atoms with E-state index < -0.39 is 0 Å². The van der Waals surface area contributed by atoms with Crippen LogP contribution in [0.4, 0.5) is 25.3 Å². The van der Waals surface area contributed by atoms with Crippen molar-refractivity contribution < 1.29 is 18.7 Å². The summed E-state index contributed by atoms with van der Waals surface area (Å²) < 4.78 is 30.7. The molecule has 10 nitrogen and oxygen atoms in total. The lowest BCUT2D eigenvalue weighted by atomic mass is 10.0. The summed E-state index contributed by atoms with van der Waals surface area (Å²) in [4.78, 5) is 25.6. The van der Waals surface area contributed by atoms with Crippen molar-refractivity contribution in [2.24, 2.45) is 5.92 Å². The number of nitriles is 1. The molecule has 0 unspecified atom stereocenters. The first-order chi connectivity index (χ1) is 21.3. The molecule has 3 fully saturated rings. The predicted octanol–water partition coefficient (Wildman–Crippen LogP) is 3.83. The van der Waals surface area contributed by atoms with Crippen LogP contribution in [-0.4, -0.2) is 94.9 Å². The van der Waals surface area contributed by atoms with Crippen molar-refractivity contribution in [1.29, 1.82) is 5.26 Å². The molecule has 3 aromatic heterocycles. The molecule has 13 heteroatoms. The predicted molar refractivity (Wildman–Crippen MR) is 163 cm³/mol. The second-order valence-electron chi connectivity index (χ2n) is 11.8. The van der Waals surface area contributed by atoms with Crippen molar-refractivity contribution >= 4 is 39.3 Å². The largest absolute Gasteiger partial charge is 0.396 e. The van der Waals surface area contributed by atoms with Gasteiger partial charge < -0.3 is 19.8 Å². The average molecular weight is 619 g/mol. The molecule has 0 bridgehead atoms. The number of pyridine rings is 1. The molecule has 3 aliphatic rings. The van der Waals surface area contributed by atoms with Crippen LogP contribution in [0.1, 0.15) is 29.3 Å². The van der Waals surface area contributed by atoms with Crippen molar-refractivity contribution in [3.8, 4) is 17.3 Å². The SMILES string of the molecule is CN(c1nc(-c2ccc(F)cc2)c(C#N)s1)c1c(C2CC2)nn2cc(F)c(N3CCN(CC(=O)N4CC(CO)C4)CC3)cc12. The van der Waals surface area contributed by atoms with E-state index in [9.17, 15) is 19.6 Å². The van der Waals surface area contributed by atoms with Gasteiger partial charge in [-0.25, -0.2) is 18.3 Å². The highest BCUT2D eigenvalue weighted by atomic mass is 32.1. The van der Waals surface area contributed by atoms with E-state index in [1.54, 1.807) is 21.5 Å². The minimum Gasteiger partial charge on any atom is -0.396 e. The first-order valence-corrected chi connectivity index (χ1v) is 15.6. The number of aliphatic hydroxyl groups excluding tert-OH is 1. The van der Waals surface area contributed by atoms with Crippen molar-refractivity contribution in [2.45, 2.75) is 18.8 Å². The highest BCUT2D eigenvalue weighted by Gasteiger charge is 2.34. The van der Waals surface area contributed by atoms with Gasteiger partial charge in [0, 0.05) is 70.3 Å². The second-order valence-corrected chi connectivity index (χ2v) is 12.8. The van der Waals surface area contributed by atoms with Crippen LogP contribution in [0.25, 0.3) is 16.8 Å². The minimum absolute atomic E-state index is 0.0691. The Morgan fingerprint density at radius 1 is 1.16 bits per heavy atom. The third-order valence-corrected chi connectivity index (χ3v) is 9.80. The van der Waals surface area contributed by atoms with Gasteiger partial charge in [-0.3, -0.25) is 9.69 Å². The van der Waals surface area contributed by atoms with Gasteiger partial charge in [0.2, 0.25) is 5.91 Å². The Kier molecular flexibility index (Phi) is 7.44. The number of aromatic nitrogens is 3. The molecular formula is C31H32F2N8O2S. The van der Waals surface area contributed by atoms with Crippen molar-refractivity contribution in [1.82, 2.24) is 24.4 Å². The third-order valence-electron chi connectivity index (χ3n) is 8.76. The maximum atomic E-state index is 15.6. The van der Waals surface area contributed by atoms with Gasteiger partial charge in [-0.2, -0.15) is 10.4 Å². The Bertz CT molecular complexity index is 1750. The Labute approximate surface area is 257 Å². The molecule has 1 saturated carbocycles. The number of aliphatic hydroxyl groups is 1. The highest BCUT2D eigenvalue weighted by molar-refractivity contribution is 7.16. The molecule has 44 heavy (non-hydrogen) atoms. The molecule has 1 aromatic carbocycles. The van der Waals surface area contributed by atoms with Crippen LogP contribution in [0.2, 0.25) is 0 Å². The van der Waals surface area contributed by atoms with E-state index in [0.29, 0.717) is 72.8 Å². The molecule has 2 aliphatic heterocycles. The molecule has 5 heterocycles. The van der Waals surface area contributed by atoms with Crippen LogP contribution < -0.4 is 9.80 Å². The van der Waals surface area contributed by atoms with Crippen molar-refractivity contribution in [3.05, 3.63) is 58.7 Å². The van der Waals surface area contributed by atoms with E-state index in [-0.39, 0.29) is 36.0 Å². The highest BCUT2D eigenvalue weighted by Crippen LogP contribution is 2.48. The number of carbonyl (C=O) groups excluding carboxylic acids is 1. The molecule has 0 atom stereocenters. The van der Waals surface area contributed by atoms with Gasteiger partial charge in [0.05, 0.1) is 35.3 Å². The molecule has 228 valence electrons. The molecular weight excluding hydrogens is 586 g/mol. The number of benzene rings is 1. The van der Waals surface area contributed by atoms with Gasteiger partial charge in [0.1, 0.15) is 22.5 Å². The average Bonchev–Trinajstić information content (AvgIpc) is 3.65. The van der Waals surface area contributed by atoms with E-state index in [1.165, 1.54) is 29.7 Å². The van der Waals surface area contributed by atoms with Crippen LogP contribution in [-0.2, 0) is 4.79 Å². The number of hydrogen-bond acceptors (Lipinski definition) is 9. The summed E-state index contributed by atoms with van der Waals surface area (Å²) >= 11 is 1.25. The zero-order valence-electron chi connectivity index (χ0n) is 24.3. The van der Waals surface area contributed by atoms with E-state index in [0.717, 1.165) is 29.7 Å². The van der Waals surface area contributed by atoms with Gasteiger partial charge in [-0.15, -0.1) is 0 Å². The Morgan fingerprint density at radius 3 is 2.55 bits per heavy atom. The van der Waals surface area contributed by atoms with Crippen LogP contribution in [0.3, 0.4) is 0 Å². The van der Waals surface area contributed by atoms with Gasteiger partial charge in [0.25, 0.3) is 0 Å². The number of amides is 1. The molecule has 0 radical (unpaired) electrons. The second kappa shape index (κ2) is 11.4. The number of carbonyl (C=O) groups is 1. The zero-order chi connectivity index (χ0) is 30.5. The summed E-state index contributed by atoms with van der Waals surface area (Å²) in [6.07, 6.45) is 3.43. The van der Waals surface area contributed by atoms with Gasteiger partial charge >= 0.3 is 0 Å². The van der Waals surface area contributed by atoms with Crippen LogP contribution >= 0.6 is 11.3 Å². The summed E-state index contributed by atoms with van der Waals surface area (Å²) in [5.74, 6) is -0.203. The molecule has 1 aliphatic carbocycles. The Balaban J connectivity index is 1.15. The molecule has 2 saturated heterocycles. The molecule has 1 amide bonds. The summed E-state index contributed by atoms with van der Waals surface area (Å²) in [5, 5.41) is 24.5. The number of fused-ring (bicyclic) bond motifs is 1. The van der Waals surface area contributed by atoms with Crippen molar-refractivity contribution in [3.63, 3.8) is 0 Å². The zero-order valence-corrected chi connectivity index (χ0v) is 25.1. The molecule has 7 rings (SSSR count). The Morgan fingerprint density at radius 2 is 1.89 bits per heavy atom. The summed E-state index contributed by atoms with van der Waals surface area (Å²) in [6, 6.07) is 10.00. The first kappa shape index (κ1) is 28.6. The molecule has 0 spiro atoms. The van der Waals surface area contributed by atoms with E-state index >= 15 is 4.39 Å². The van der Waals surface area contributed by atoms with Crippen LogP contribution in [0.15, 0.2) is 36.5 Å². The van der Waals surface area contributed by atoms with Crippen LogP contribution in [0.5, 0.6) is 0 Å². The fourth-order valence-corrected chi connectivity index (χ4v) is 6.89. The normalized spacial score (nSPS) is 17.6. The maximum Gasteiger partial charge on any atom is 0.236 e. The number of rotatable bonds is 8. The number of hydrogen-bond donors (Lipinski definition) is 1. The maximum absolute atomic E-state index is 15.6. The fourth-order valence-electron chi connectivity index (χ4n) is 6.03. The van der Waals surface area contributed by atoms with Crippen molar-refractivity contribution in [2.75, 3.05) is 69.3 Å². The standard InChI is InChI=1S/C31H32F2N8O2S/c1-37(31-35-28(26(13-34)44-31)20-4-6-22(32)7-5-20)30-25-12-24(23(33)16-41(25)36-29(30)21-2-3-21)39-10-8-38(9-11-39)17-27(43)40-14-19(15-40)18-42/h4-7,12,16,19,21,42H,2-3,8-11,14-15,17-18H2,1H3. The number of thiazole rings is 1. The lowest BCUT2D eigenvalue weighted by Crippen LogP contribution is -2.56. The number of likely N-dealkylation sites (tertiary alicyclic amines) is 1. The van der Waals surface area contributed by atoms with E-state index in [2.05, 4.69) is 11.0 Å². The first-order valence-electron chi connectivity index (χ1n) is 14.8. The number of anilines is 3. The fraction of sp³-hybridized carbons (Fsp3) is 0.419. The minimum atomic E-state index is -0.365. The third kappa shape index (κ3) is 5.27. The number of piperazine rings is 1. The Hall–Kier alpha value is -4.12. The topological polar surface area (TPSA) is 104 Å². The molecule has 1 N–H and O–H groups in total. The monoisotopic (exact) mass is 618 g/mol. The number of nitrogens with zero attached hydrogens (tertiary/aromatic N) is 8. The summed E-state index contributed by atoms with van der Waals surface area (Å²) in [6.45, 7) is 4.08. The number of halogens is 2. The summed E-state index contributed by atoms with van der Waals surface area (Å²) in [7, 11) is 1.89. The van der Waals surface area contributed by atoms with E-state index in [4.69, 9.17) is 10.1 Å². The molecule has 4 aromatic rings. The smallest absolute Gasteiger partial charge is 0.236 e. The van der Waals surface area contributed by atoms with Gasteiger partial charge in [-0.05, 0) is 43.2 Å². The van der Waals surface area contributed by atoms with Crippen LogP contribution in [0, 0.1) is 28.9 Å². The van der Waals surface area contributed by atoms with E-state index in [1.807, 2.05) is 22.9 Å². The summed E-state index contributed by atoms with van der Waals surface area (Å²) in [5.41, 5.74) is 4.09.